The van der Waals surface area contributed by atoms with Crippen molar-refractivity contribution < 1.29 is 14.6 Å². The Morgan fingerprint density at radius 2 is 2.12 bits per heavy atom. The Hall–Kier alpha value is -2.93. The van der Waals surface area contributed by atoms with Gasteiger partial charge in [0.25, 0.3) is 5.91 Å². The van der Waals surface area contributed by atoms with Crippen molar-refractivity contribution in [3.05, 3.63) is 53.9 Å². The number of amides is 1. The van der Waals surface area contributed by atoms with Gasteiger partial charge in [-0.15, -0.1) is 0 Å². The molecule has 2 heterocycles. The van der Waals surface area contributed by atoms with E-state index in [1.54, 1.807) is 19.4 Å². The van der Waals surface area contributed by atoms with E-state index in [1.165, 1.54) is 0 Å². The highest BCUT2D eigenvalue weighted by Crippen LogP contribution is 2.38. The van der Waals surface area contributed by atoms with Gasteiger partial charge in [-0.2, -0.15) is 5.10 Å². The number of aliphatic hydroxyl groups is 1. The summed E-state index contributed by atoms with van der Waals surface area (Å²) in [6.45, 7) is 0. The number of pyridine rings is 1. The topological polar surface area (TPSA) is 100 Å². The second-order valence-electron chi connectivity index (χ2n) is 6.59. The number of H-pyrrole nitrogens is 1. The number of carbonyl (C=O) groups is 1. The van der Waals surface area contributed by atoms with Gasteiger partial charge in [-0.1, -0.05) is 24.3 Å². The van der Waals surface area contributed by atoms with Gasteiger partial charge in [0.2, 0.25) is 5.88 Å². The minimum absolute atomic E-state index is 0.161. The van der Waals surface area contributed by atoms with Crippen LogP contribution in [-0.4, -0.2) is 39.4 Å². The van der Waals surface area contributed by atoms with Gasteiger partial charge in [-0.3, -0.25) is 9.89 Å². The summed E-state index contributed by atoms with van der Waals surface area (Å²) in [7, 11) is 1.56. The molecule has 0 saturated heterocycles. The predicted molar refractivity (Wildman–Crippen MR) is 95.8 cm³/mol. The summed E-state index contributed by atoms with van der Waals surface area (Å²) in [5.41, 5.74) is 2.07. The number of para-hydroxylation sites is 1. The molecule has 1 aromatic carbocycles. The number of ether oxygens (including phenoxy) is 1. The van der Waals surface area contributed by atoms with Crippen molar-refractivity contribution in [2.45, 2.75) is 25.0 Å². The first-order valence-electron chi connectivity index (χ1n) is 8.57. The van der Waals surface area contributed by atoms with Gasteiger partial charge in [0.05, 0.1) is 24.8 Å². The molecule has 3 aromatic rings. The van der Waals surface area contributed by atoms with Gasteiger partial charge in [-0.25, -0.2) is 4.98 Å². The van der Waals surface area contributed by atoms with E-state index in [0.29, 0.717) is 24.4 Å². The molecule has 1 aliphatic carbocycles. The molecule has 0 radical (unpaired) electrons. The standard InChI is InChI=1S/C19H20N4O3/c1-26-16-7-6-11(10-20-16)17(12-8-13(24)9-12)21-19(25)18-14-4-2-3-5-15(14)22-23-18/h2-7,10,12-13,17,24H,8-9H2,1H3,(H,21,25)(H,22,23)/t12?,13?,17-/m1/s1. The van der Waals surface area contributed by atoms with Crippen molar-refractivity contribution in [1.29, 1.82) is 0 Å². The molecule has 1 saturated carbocycles. The molecule has 1 atom stereocenters. The predicted octanol–water partition coefficient (Wildman–Crippen LogP) is 2.21. The molecule has 4 rings (SSSR count). The minimum Gasteiger partial charge on any atom is -0.481 e. The quantitative estimate of drug-likeness (QED) is 0.654. The van der Waals surface area contributed by atoms with Crippen molar-refractivity contribution in [2.24, 2.45) is 5.92 Å². The number of aromatic nitrogens is 3. The number of nitrogens with one attached hydrogen (secondary N) is 2. The van der Waals surface area contributed by atoms with Crippen molar-refractivity contribution in [2.75, 3.05) is 7.11 Å². The third kappa shape index (κ3) is 3.01. The van der Waals surface area contributed by atoms with Gasteiger partial charge in [0, 0.05) is 17.6 Å². The number of hydrogen-bond donors (Lipinski definition) is 3. The fraction of sp³-hybridized carbons (Fsp3) is 0.316. The monoisotopic (exact) mass is 352 g/mol. The first-order valence-corrected chi connectivity index (χ1v) is 8.57. The number of fused-ring (bicyclic) bond motifs is 1. The molecule has 1 fully saturated rings. The molecular weight excluding hydrogens is 332 g/mol. The summed E-state index contributed by atoms with van der Waals surface area (Å²) in [5.74, 6) is 0.435. The fourth-order valence-electron chi connectivity index (χ4n) is 3.42. The third-order valence-corrected chi connectivity index (χ3v) is 4.92. The maximum absolute atomic E-state index is 12.9. The Kier molecular flexibility index (Phi) is 4.30. The molecule has 7 nitrogen and oxygen atoms in total. The molecule has 0 unspecified atom stereocenters. The van der Waals surface area contributed by atoms with Crippen molar-refractivity contribution in [1.82, 2.24) is 20.5 Å². The Labute approximate surface area is 150 Å². The number of hydrogen-bond acceptors (Lipinski definition) is 5. The zero-order valence-electron chi connectivity index (χ0n) is 14.3. The summed E-state index contributed by atoms with van der Waals surface area (Å²) >= 11 is 0. The molecule has 0 bridgehead atoms. The number of aromatic amines is 1. The lowest BCUT2D eigenvalue weighted by atomic mass is 9.75. The lowest BCUT2D eigenvalue weighted by molar-refractivity contribution is 0.0234. The van der Waals surface area contributed by atoms with E-state index in [9.17, 15) is 9.90 Å². The number of rotatable bonds is 5. The van der Waals surface area contributed by atoms with Crippen LogP contribution in [0.25, 0.3) is 10.9 Å². The van der Waals surface area contributed by atoms with Crippen LogP contribution in [0.3, 0.4) is 0 Å². The van der Waals surface area contributed by atoms with Crippen LogP contribution < -0.4 is 10.1 Å². The van der Waals surface area contributed by atoms with E-state index in [0.717, 1.165) is 16.5 Å². The number of methoxy groups -OCH3 is 1. The molecule has 1 amide bonds. The fourth-order valence-corrected chi connectivity index (χ4v) is 3.42. The average Bonchev–Trinajstić information content (AvgIpc) is 3.08. The second kappa shape index (κ2) is 6.76. The first-order chi connectivity index (χ1) is 12.7. The molecule has 26 heavy (non-hydrogen) atoms. The second-order valence-corrected chi connectivity index (χ2v) is 6.59. The van der Waals surface area contributed by atoms with E-state index in [2.05, 4.69) is 20.5 Å². The Balaban J connectivity index is 1.60. The van der Waals surface area contributed by atoms with E-state index in [1.807, 2.05) is 30.3 Å². The molecule has 3 N–H and O–H groups in total. The lowest BCUT2D eigenvalue weighted by Gasteiger charge is -2.38. The average molecular weight is 352 g/mol. The Bertz CT molecular complexity index is 916. The highest BCUT2D eigenvalue weighted by molar-refractivity contribution is 6.04. The van der Waals surface area contributed by atoms with Crippen LogP contribution in [0.15, 0.2) is 42.6 Å². The zero-order valence-corrected chi connectivity index (χ0v) is 14.3. The highest BCUT2D eigenvalue weighted by atomic mass is 16.5. The van der Waals surface area contributed by atoms with Crippen LogP contribution >= 0.6 is 0 Å². The third-order valence-electron chi connectivity index (χ3n) is 4.92. The van der Waals surface area contributed by atoms with Crippen LogP contribution in [-0.2, 0) is 0 Å². The van der Waals surface area contributed by atoms with Crippen LogP contribution in [0.2, 0.25) is 0 Å². The summed E-state index contributed by atoms with van der Waals surface area (Å²) in [4.78, 5) is 17.1. The SMILES string of the molecule is COc1ccc([C@@H](NC(=O)c2n[nH]c3ccccc23)C2CC(O)C2)cn1. The number of benzene rings is 1. The zero-order chi connectivity index (χ0) is 18.1. The summed E-state index contributed by atoms with van der Waals surface area (Å²) in [6.07, 6.45) is 2.70. The molecule has 7 heteroatoms. The molecule has 134 valence electrons. The van der Waals surface area contributed by atoms with Crippen LogP contribution in [0, 0.1) is 5.92 Å². The molecule has 1 aliphatic rings. The van der Waals surface area contributed by atoms with E-state index in [-0.39, 0.29) is 24.0 Å². The normalized spacial score (nSPS) is 20.4. The van der Waals surface area contributed by atoms with E-state index in [4.69, 9.17) is 4.74 Å². The van der Waals surface area contributed by atoms with E-state index < -0.39 is 0 Å². The Morgan fingerprint density at radius 1 is 1.31 bits per heavy atom. The maximum Gasteiger partial charge on any atom is 0.272 e. The summed E-state index contributed by atoms with van der Waals surface area (Å²) in [5, 5.41) is 20.6. The smallest absolute Gasteiger partial charge is 0.272 e. The molecular formula is C19H20N4O3. The van der Waals surface area contributed by atoms with Gasteiger partial charge in [0.15, 0.2) is 5.69 Å². The first kappa shape index (κ1) is 16.5. The van der Waals surface area contributed by atoms with Gasteiger partial charge in [-0.05, 0) is 30.4 Å². The highest BCUT2D eigenvalue weighted by Gasteiger charge is 2.36. The molecule has 2 aromatic heterocycles. The molecule has 0 spiro atoms. The van der Waals surface area contributed by atoms with Gasteiger partial charge >= 0.3 is 0 Å². The van der Waals surface area contributed by atoms with Gasteiger partial charge in [0.1, 0.15) is 0 Å². The molecule has 0 aliphatic heterocycles. The summed E-state index contributed by atoms with van der Waals surface area (Å²) in [6, 6.07) is 10.9. The lowest BCUT2D eigenvalue weighted by Crippen LogP contribution is -2.41. The largest absolute Gasteiger partial charge is 0.481 e. The van der Waals surface area contributed by atoms with Gasteiger partial charge < -0.3 is 15.2 Å². The van der Waals surface area contributed by atoms with Crippen molar-refractivity contribution in [3.8, 4) is 5.88 Å². The van der Waals surface area contributed by atoms with Crippen molar-refractivity contribution >= 4 is 16.8 Å². The number of carbonyl (C=O) groups excluding carboxylic acids is 1. The van der Waals surface area contributed by atoms with Crippen LogP contribution in [0.4, 0.5) is 0 Å². The summed E-state index contributed by atoms with van der Waals surface area (Å²) < 4.78 is 5.10. The van der Waals surface area contributed by atoms with Crippen LogP contribution in [0.5, 0.6) is 5.88 Å². The minimum atomic E-state index is -0.308. The van der Waals surface area contributed by atoms with Crippen LogP contribution in [0.1, 0.15) is 34.9 Å². The number of nitrogens with zero attached hydrogens (tertiary/aromatic N) is 2. The maximum atomic E-state index is 12.9. The Morgan fingerprint density at radius 3 is 2.81 bits per heavy atom. The number of aliphatic hydroxyl groups excluding tert-OH is 1. The van der Waals surface area contributed by atoms with E-state index >= 15 is 0 Å². The van der Waals surface area contributed by atoms with Crippen molar-refractivity contribution in [3.63, 3.8) is 0 Å².